The Morgan fingerprint density at radius 3 is 2.86 bits per heavy atom. The Balaban J connectivity index is 2.36. The van der Waals surface area contributed by atoms with Gasteiger partial charge in [-0.1, -0.05) is 23.7 Å². The van der Waals surface area contributed by atoms with E-state index in [0.717, 1.165) is 22.3 Å². The highest BCUT2D eigenvalue weighted by Gasteiger charge is 2.14. The fourth-order valence-electron chi connectivity index (χ4n) is 2.47. The predicted octanol–water partition coefficient (Wildman–Crippen LogP) is 3.64. The van der Waals surface area contributed by atoms with Crippen LogP contribution in [0.1, 0.15) is 11.4 Å². The summed E-state index contributed by atoms with van der Waals surface area (Å²) >= 11 is 6.16. The first-order valence-corrected chi connectivity index (χ1v) is 6.89. The van der Waals surface area contributed by atoms with E-state index in [0.29, 0.717) is 16.5 Å². The molecule has 0 aliphatic rings. The standard InChI is InChI=1S/C16H13ClN4/c1-10-8-12(19)11(17)9-15(10)21-14-5-3-2-4-13(14)20-16(21)6-7-18/h2-5,8-9H,6,19H2,1H3. The largest absolute Gasteiger partial charge is 0.398 e. The van der Waals surface area contributed by atoms with Gasteiger partial charge in [0.15, 0.2) is 0 Å². The minimum absolute atomic E-state index is 0.232. The first-order chi connectivity index (χ1) is 10.1. The molecule has 0 aliphatic carbocycles. The number of nitrogen functional groups attached to an aromatic ring is 1. The number of fused-ring (bicyclic) bond motifs is 1. The fraction of sp³-hybridized carbons (Fsp3) is 0.125. The minimum atomic E-state index is 0.232. The molecule has 3 rings (SSSR count). The van der Waals surface area contributed by atoms with E-state index < -0.39 is 0 Å². The summed E-state index contributed by atoms with van der Waals surface area (Å²) in [6.45, 7) is 1.97. The quantitative estimate of drug-likeness (QED) is 0.734. The molecule has 2 N–H and O–H groups in total. The number of rotatable bonds is 2. The molecule has 21 heavy (non-hydrogen) atoms. The van der Waals surface area contributed by atoms with Gasteiger partial charge in [-0.05, 0) is 36.8 Å². The maximum Gasteiger partial charge on any atom is 0.128 e. The number of hydrogen-bond donors (Lipinski definition) is 1. The zero-order valence-electron chi connectivity index (χ0n) is 11.5. The lowest BCUT2D eigenvalue weighted by molar-refractivity contribution is 0.947. The number of aromatic nitrogens is 2. The molecule has 0 spiro atoms. The van der Waals surface area contributed by atoms with E-state index in [1.165, 1.54) is 0 Å². The molecule has 1 aromatic heterocycles. The van der Waals surface area contributed by atoms with Crippen molar-refractivity contribution < 1.29 is 0 Å². The van der Waals surface area contributed by atoms with Crippen LogP contribution in [0.25, 0.3) is 16.7 Å². The maximum atomic E-state index is 9.03. The molecule has 0 fully saturated rings. The second-order valence-corrected chi connectivity index (χ2v) is 5.25. The van der Waals surface area contributed by atoms with E-state index in [9.17, 15) is 0 Å². The van der Waals surface area contributed by atoms with E-state index in [4.69, 9.17) is 22.6 Å². The number of nitrogens with two attached hydrogens (primary N) is 1. The van der Waals surface area contributed by atoms with Gasteiger partial charge in [0.1, 0.15) is 5.82 Å². The Hall–Kier alpha value is -2.51. The van der Waals surface area contributed by atoms with Crippen molar-refractivity contribution in [2.45, 2.75) is 13.3 Å². The molecule has 0 saturated carbocycles. The monoisotopic (exact) mass is 296 g/mol. The van der Waals surface area contributed by atoms with Crippen LogP contribution in [0.3, 0.4) is 0 Å². The molecule has 0 amide bonds. The van der Waals surface area contributed by atoms with Crippen LogP contribution in [0, 0.1) is 18.3 Å². The molecular weight excluding hydrogens is 284 g/mol. The average Bonchev–Trinajstić information content (AvgIpc) is 2.81. The number of halogens is 1. The van der Waals surface area contributed by atoms with Gasteiger partial charge in [0.05, 0.1) is 39.9 Å². The van der Waals surface area contributed by atoms with Gasteiger partial charge in [0.25, 0.3) is 0 Å². The lowest BCUT2D eigenvalue weighted by Crippen LogP contribution is -2.03. The average molecular weight is 297 g/mol. The molecule has 4 nitrogen and oxygen atoms in total. The highest BCUT2D eigenvalue weighted by Crippen LogP contribution is 2.29. The molecule has 0 bridgehead atoms. The van der Waals surface area contributed by atoms with Gasteiger partial charge in [-0.2, -0.15) is 5.26 Å². The van der Waals surface area contributed by atoms with Crippen LogP contribution in [0.5, 0.6) is 0 Å². The predicted molar refractivity (Wildman–Crippen MR) is 84.5 cm³/mol. The third kappa shape index (κ3) is 2.22. The van der Waals surface area contributed by atoms with Crippen LogP contribution in [0.2, 0.25) is 5.02 Å². The van der Waals surface area contributed by atoms with Crippen molar-refractivity contribution in [1.29, 1.82) is 5.26 Å². The van der Waals surface area contributed by atoms with E-state index in [1.807, 2.05) is 47.9 Å². The number of imidazole rings is 1. The van der Waals surface area contributed by atoms with Gasteiger partial charge in [-0.3, -0.25) is 4.57 Å². The highest BCUT2D eigenvalue weighted by molar-refractivity contribution is 6.33. The van der Waals surface area contributed by atoms with Crippen molar-refractivity contribution in [2.75, 3.05) is 5.73 Å². The second-order valence-electron chi connectivity index (χ2n) is 4.85. The van der Waals surface area contributed by atoms with Crippen molar-refractivity contribution >= 4 is 28.3 Å². The Morgan fingerprint density at radius 1 is 1.33 bits per heavy atom. The third-order valence-corrected chi connectivity index (χ3v) is 3.75. The summed E-state index contributed by atoms with van der Waals surface area (Å²) in [5.74, 6) is 0.697. The Bertz CT molecular complexity index is 874. The van der Waals surface area contributed by atoms with Gasteiger partial charge in [-0.15, -0.1) is 0 Å². The van der Waals surface area contributed by atoms with Crippen molar-refractivity contribution in [3.8, 4) is 11.8 Å². The maximum absolute atomic E-state index is 9.03. The topological polar surface area (TPSA) is 67.6 Å². The van der Waals surface area contributed by atoms with Gasteiger partial charge in [0.2, 0.25) is 0 Å². The number of nitriles is 1. The molecule has 104 valence electrons. The summed E-state index contributed by atoms with van der Waals surface area (Å²) in [5, 5.41) is 9.53. The third-order valence-electron chi connectivity index (χ3n) is 3.42. The summed E-state index contributed by atoms with van der Waals surface area (Å²) < 4.78 is 1.97. The Morgan fingerprint density at radius 2 is 2.10 bits per heavy atom. The Labute approximate surface area is 127 Å². The van der Waals surface area contributed by atoms with E-state index in [1.54, 1.807) is 0 Å². The first-order valence-electron chi connectivity index (χ1n) is 6.51. The number of anilines is 1. The molecule has 0 atom stereocenters. The zero-order chi connectivity index (χ0) is 15.0. The normalized spacial score (nSPS) is 10.7. The van der Waals surface area contributed by atoms with Crippen molar-refractivity contribution in [1.82, 2.24) is 9.55 Å². The molecule has 0 unspecified atom stereocenters. The zero-order valence-corrected chi connectivity index (χ0v) is 12.2. The van der Waals surface area contributed by atoms with Crippen LogP contribution in [-0.2, 0) is 6.42 Å². The van der Waals surface area contributed by atoms with Crippen LogP contribution < -0.4 is 5.73 Å². The number of hydrogen-bond acceptors (Lipinski definition) is 3. The van der Waals surface area contributed by atoms with Gasteiger partial charge in [0, 0.05) is 0 Å². The van der Waals surface area contributed by atoms with E-state index in [-0.39, 0.29) is 6.42 Å². The smallest absolute Gasteiger partial charge is 0.128 e. The summed E-state index contributed by atoms with van der Waals surface area (Å²) in [7, 11) is 0. The number of aryl methyl sites for hydroxylation is 1. The van der Waals surface area contributed by atoms with Crippen molar-refractivity contribution in [2.24, 2.45) is 0 Å². The van der Waals surface area contributed by atoms with Gasteiger partial charge < -0.3 is 5.73 Å². The van der Waals surface area contributed by atoms with E-state index >= 15 is 0 Å². The summed E-state index contributed by atoms with van der Waals surface area (Å²) in [4.78, 5) is 4.54. The molecule has 0 saturated heterocycles. The Kier molecular flexibility index (Phi) is 3.28. The molecule has 2 aromatic carbocycles. The van der Waals surface area contributed by atoms with Crippen LogP contribution >= 0.6 is 11.6 Å². The second kappa shape index (κ2) is 5.12. The minimum Gasteiger partial charge on any atom is -0.398 e. The van der Waals surface area contributed by atoms with Crippen LogP contribution in [-0.4, -0.2) is 9.55 Å². The first kappa shape index (κ1) is 13.5. The van der Waals surface area contributed by atoms with Gasteiger partial charge >= 0.3 is 0 Å². The van der Waals surface area contributed by atoms with Gasteiger partial charge in [-0.25, -0.2) is 4.98 Å². The summed E-state index contributed by atoms with van der Waals surface area (Å²) in [5.41, 5.74) is 10.1. The molecular formula is C16H13ClN4. The SMILES string of the molecule is Cc1cc(N)c(Cl)cc1-n1c(CC#N)nc2ccccc21. The molecule has 1 heterocycles. The molecule has 0 radical (unpaired) electrons. The summed E-state index contributed by atoms with van der Waals surface area (Å²) in [6, 6.07) is 13.6. The number of benzene rings is 2. The summed E-state index contributed by atoms with van der Waals surface area (Å²) in [6.07, 6.45) is 0.232. The van der Waals surface area contributed by atoms with Crippen LogP contribution in [0.15, 0.2) is 36.4 Å². The van der Waals surface area contributed by atoms with Crippen molar-refractivity contribution in [3.05, 3.63) is 52.8 Å². The molecule has 0 aliphatic heterocycles. The lowest BCUT2D eigenvalue weighted by atomic mass is 10.1. The molecule has 5 heteroatoms. The number of nitrogens with zero attached hydrogens (tertiary/aromatic N) is 3. The van der Waals surface area contributed by atoms with Crippen LogP contribution in [0.4, 0.5) is 5.69 Å². The fourth-order valence-corrected chi connectivity index (χ4v) is 2.63. The highest BCUT2D eigenvalue weighted by atomic mass is 35.5. The number of para-hydroxylation sites is 2. The van der Waals surface area contributed by atoms with E-state index in [2.05, 4.69) is 11.1 Å². The van der Waals surface area contributed by atoms with Crippen molar-refractivity contribution in [3.63, 3.8) is 0 Å². The lowest BCUT2D eigenvalue weighted by Gasteiger charge is -2.13. The molecule has 3 aromatic rings.